The molecule has 3 saturated heterocycles. The number of piperidine rings is 1. The number of rotatable bonds is 8. The third-order valence-electron chi connectivity index (χ3n) is 7.80. The van der Waals surface area contributed by atoms with Crippen LogP contribution in [0.1, 0.15) is 24.0 Å². The van der Waals surface area contributed by atoms with Crippen molar-refractivity contribution in [3.8, 4) is 11.5 Å². The second-order valence-corrected chi connectivity index (χ2v) is 10.2. The third kappa shape index (κ3) is 5.16. The minimum atomic E-state index is 0.296. The Morgan fingerprint density at radius 3 is 2.30 bits per heavy atom. The van der Waals surface area contributed by atoms with Gasteiger partial charge < -0.3 is 21.1 Å². The molecule has 0 aliphatic carbocycles. The Hall–Kier alpha value is -3.53. The molecular weight excluding hydrogens is 464 g/mol. The molecule has 192 valence electrons. The summed E-state index contributed by atoms with van der Waals surface area (Å²) >= 11 is 0. The van der Waals surface area contributed by atoms with Crippen molar-refractivity contribution in [1.82, 2.24) is 25.1 Å². The fraction of sp³-hybridized carbons (Fsp3) is 0.393. The standard InChI is InChI=1S/C28H34N8O/c29-26(19-6-8-24(9-7-19)37-23-4-2-1-3-5-23)25-27(30)32-18-33-28(25)34-20-10-12-35(13-11-20)22-16-36(17-22)21-14-31-15-21/h1-9,18,20-22,29,31H,10-17H2,(H3,30,32,33,34). The minimum Gasteiger partial charge on any atom is -0.457 e. The van der Waals surface area contributed by atoms with E-state index in [4.69, 9.17) is 15.9 Å². The summed E-state index contributed by atoms with van der Waals surface area (Å²) < 4.78 is 5.89. The van der Waals surface area contributed by atoms with E-state index >= 15 is 0 Å². The third-order valence-corrected chi connectivity index (χ3v) is 7.80. The highest BCUT2D eigenvalue weighted by Gasteiger charge is 2.39. The lowest BCUT2D eigenvalue weighted by atomic mass is 9.96. The molecule has 0 unspecified atom stereocenters. The zero-order valence-corrected chi connectivity index (χ0v) is 20.9. The van der Waals surface area contributed by atoms with Crippen molar-refractivity contribution in [2.45, 2.75) is 31.0 Å². The van der Waals surface area contributed by atoms with E-state index < -0.39 is 0 Å². The average Bonchev–Trinajstić information content (AvgIpc) is 2.86. The molecule has 9 nitrogen and oxygen atoms in total. The summed E-state index contributed by atoms with van der Waals surface area (Å²) in [6.07, 6.45) is 3.56. The van der Waals surface area contributed by atoms with Gasteiger partial charge in [0.2, 0.25) is 0 Å². The predicted molar refractivity (Wildman–Crippen MR) is 146 cm³/mol. The van der Waals surface area contributed by atoms with Gasteiger partial charge in [0.1, 0.15) is 29.5 Å². The second-order valence-electron chi connectivity index (χ2n) is 10.2. The molecule has 3 aliphatic rings. The molecule has 0 radical (unpaired) electrons. The van der Waals surface area contributed by atoms with Crippen molar-refractivity contribution < 1.29 is 4.74 Å². The van der Waals surface area contributed by atoms with Gasteiger partial charge in [-0.1, -0.05) is 18.2 Å². The van der Waals surface area contributed by atoms with E-state index in [0.29, 0.717) is 40.7 Å². The van der Waals surface area contributed by atoms with Crippen LogP contribution >= 0.6 is 0 Å². The van der Waals surface area contributed by atoms with Crippen molar-refractivity contribution in [2.75, 3.05) is 50.3 Å². The SMILES string of the molecule is N=C(c1ccc(Oc2ccccc2)cc1)c1c(N)ncnc1NC1CCN(C2CN(C3CNC3)C2)CC1. The number of hydrogen-bond donors (Lipinski definition) is 4. The molecular formula is C28H34N8O. The summed E-state index contributed by atoms with van der Waals surface area (Å²) in [6, 6.07) is 18.9. The lowest BCUT2D eigenvalue weighted by Crippen LogP contribution is -2.69. The number of aromatic nitrogens is 2. The first-order valence-electron chi connectivity index (χ1n) is 13.1. The molecule has 2 aromatic carbocycles. The van der Waals surface area contributed by atoms with Crippen LogP contribution in [0.3, 0.4) is 0 Å². The van der Waals surface area contributed by atoms with Gasteiger partial charge >= 0.3 is 0 Å². The van der Waals surface area contributed by atoms with Crippen molar-refractivity contribution >= 4 is 17.3 Å². The van der Waals surface area contributed by atoms with Crippen LogP contribution in [0.4, 0.5) is 11.6 Å². The Morgan fingerprint density at radius 2 is 1.62 bits per heavy atom. The first-order valence-corrected chi connectivity index (χ1v) is 13.1. The molecule has 0 bridgehead atoms. The number of nitrogens with one attached hydrogen (secondary N) is 3. The number of anilines is 2. The Labute approximate surface area is 217 Å². The van der Waals surface area contributed by atoms with Gasteiger partial charge in [-0.05, 0) is 49.2 Å². The maximum Gasteiger partial charge on any atom is 0.141 e. The second kappa shape index (κ2) is 10.5. The lowest BCUT2D eigenvalue weighted by Gasteiger charge is -2.52. The Kier molecular flexibility index (Phi) is 6.73. The lowest BCUT2D eigenvalue weighted by molar-refractivity contribution is -0.0177. The predicted octanol–water partition coefficient (Wildman–Crippen LogP) is 2.80. The topological polar surface area (TPSA) is 115 Å². The van der Waals surface area contributed by atoms with Gasteiger partial charge in [0.15, 0.2) is 0 Å². The molecule has 0 amide bonds. The summed E-state index contributed by atoms with van der Waals surface area (Å²) in [5.41, 5.74) is 7.84. The molecule has 4 heterocycles. The molecule has 1 aromatic heterocycles. The Morgan fingerprint density at radius 1 is 0.919 bits per heavy atom. The first-order chi connectivity index (χ1) is 18.1. The Balaban J connectivity index is 1.08. The summed E-state index contributed by atoms with van der Waals surface area (Å²) in [4.78, 5) is 13.9. The van der Waals surface area contributed by atoms with Gasteiger partial charge in [0, 0.05) is 63.0 Å². The van der Waals surface area contributed by atoms with Crippen molar-refractivity contribution in [2.24, 2.45) is 0 Å². The van der Waals surface area contributed by atoms with Crippen molar-refractivity contribution in [1.29, 1.82) is 5.41 Å². The molecule has 9 heteroatoms. The molecule has 0 saturated carbocycles. The number of ether oxygens (including phenoxy) is 1. The number of nitrogens with zero attached hydrogens (tertiary/aromatic N) is 4. The monoisotopic (exact) mass is 498 g/mol. The normalized spacial score (nSPS) is 19.7. The molecule has 37 heavy (non-hydrogen) atoms. The number of nitrogen functional groups attached to an aromatic ring is 1. The number of likely N-dealkylation sites (tertiary alicyclic amines) is 2. The number of benzene rings is 2. The van der Waals surface area contributed by atoms with E-state index in [-0.39, 0.29) is 0 Å². The van der Waals surface area contributed by atoms with E-state index in [2.05, 4.69) is 30.4 Å². The zero-order valence-electron chi connectivity index (χ0n) is 20.9. The fourth-order valence-corrected chi connectivity index (χ4v) is 5.36. The van der Waals surface area contributed by atoms with Gasteiger partial charge in [-0.3, -0.25) is 15.2 Å². The highest BCUT2D eigenvalue weighted by molar-refractivity contribution is 6.16. The van der Waals surface area contributed by atoms with Crippen molar-refractivity contribution in [3.05, 3.63) is 72.1 Å². The van der Waals surface area contributed by atoms with Crippen LogP contribution in [-0.2, 0) is 0 Å². The summed E-state index contributed by atoms with van der Waals surface area (Å²) in [6.45, 7) is 6.84. The smallest absolute Gasteiger partial charge is 0.141 e. The van der Waals surface area contributed by atoms with E-state index in [1.165, 1.54) is 19.4 Å². The highest BCUT2D eigenvalue weighted by atomic mass is 16.5. The molecule has 5 N–H and O–H groups in total. The van der Waals surface area contributed by atoms with Crippen LogP contribution in [0.25, 0.3) is 0 Å². The maximum atomic E-state index is 8.90. The molecule has 0 atom stereocenters. The average molecular weight is 499 g/mol. The quantitative estimate of drug-likeness (QED) is 0.351. The van der Waals surface area contributed by atoms with Crippen LogP contribution in [0.2, 0.25) is 0 Å². The number of nitrogens with two attached hydrogens (primary N) is 1. The Bertz CT molecular complexity index is 1220. The summed E-state index contributed by atoms with van der Waals surface area (Å²) in [7, 11) is 0. The van der Waals surface area contributed by atoms with Crippen LogP contribution < -0.4 is 21.1 Å². The van der Waals surface area contributed by atoms with Crippen LogP contribution in [0.5, 0.6) is 11.5 Å². The van der Waals surface area contributed by atoms with Gasteiger partial charge in [-0.15, -0.1) is 0 Å². The molecule has 3 aliphatic heterocycles. The molecule has 0 spiro atoms. The highest BCUT2D eigenvalue weighted by Crippen LogP contribution is 2.28. The fourth-order valence-electron chi connectivity index (χ4n) is 5.36. The summed E-state index contributed by atoms with van der Waals surface area (Å²) in [5.74, 6) is 2.43. The van der Waals surface area contributed by atoms with E-state index in [0.717, 1.165) is 56.4 Å². The maximum absolute atomic E-state index is 8.90. The van der Waals surface area contributed by atoms with Gasteiger partial charge in [-0.2, -0.15) is 0 Å². The number of para-hydroxylation sites is 1. The zero-order chi connectivity index (χ0) is 25.2. The van der Waals surface area contributed by atoms with Gasteiger partial charge in [0.25, 0.3) is 0 Å². The minimum absolute atomic E-state index is 0.296. The summed E-state index contributed by atoms with van der Waals surface area (Å²) in [5, 5.41) is 15.9. The molecule has 3 fully saturated rings. The van der Waals surface area contributed by atoms with E-state index in [1.807, 2.05) is 54.6 Å². The molecule has 6 rings (SSSR count). The number of hydrogen-bond acceptors (Lipinski definition) is 9. The van der Waals surface area contributed by atoms with Gasteiger partial charge in [0.05, 0.1) is 11.3 Å². The first kappa shape index (κ1) is 23.8. The molecule has 3 aromatic rings. The van der Waals surface area contributed by atoms with Crippen molar-refractivity contribution in [3.63, 3.8) is 0 Å². The van der Waals surface area contributed by atoms with Crippen LogP contribution in [-0.4, -0.2) is 82.9 Å². The van der Waals surface area contributed by atoms with Crippen LogP contribution in [0, 0.1) is 5.41 Å². The van der Waals surface area contributed by atoms with Crippen LogP contribution in [0.15, 0.2) is 60.9 Å². The largest absolute Gasteiger partial charge is 0.457 e. The van der Waals surface area contributed by atoms with E-state index in [1.54, 1.807) is 0 Å². The van der Waals surface area contributed by atoms with E-state index in [9.17, 15) is 0 Å². The van der Waals surface area contributed by atoms with Gasteiger partial charge in [-0.25, -0.2) is 9.97 Å².